The summed E-state index contributed by atoms with van der Waals surface area (Å²) in [6.07, 6.45) is 4.61. The van der Waals surface area contributed by atoms with Gasteiger partial charge in [-0.3, -0.25) is 4.79 Å². The summed E-state index contributed by atoms with van der Waals surface area (Å²) in [6, 6.07) is 5.90. The third-order valence-electron chi connectivity index (χ3n) is 4.20. The predicted octanol–water partition coefficient (Wildman–Crippen LogP) is 2.47. The number of hydrogen-bond acceptors (Lipinski definition) is 6. The van der Waals surface area contributed by atoms with Gasteiger partial charge in [-0.2, -0.15) is 0 Å². The number of carbonyl (C=O) groups is 1. The largest absolute Gasteiger partial charge is 0.369 e. The van der Waals surface area contributed by atoms with Gasteiger partial charge in [0.25, 0.3) is 0 Å². The van der Waals surface area contributed by atoms with Gasteiger partial charge in [0.05, 0.1) is 5.39 Å². The minimum Gasteiger partial charge on any atom is -0.369 e. The predicted molar refractivity (Wildman–Crippen MR) is 93.9 cm³/mol. The average Bonchev–Trinajstić information content (AvgIpc) is 3.09. The zero-order valence-electron chi connectivity index (χ0n) is 13.1. The second-order valence-corrected chi connectivity index (χ2v) is 6.71. The monoisotopic (exact) mass is 339 g/mol. The molecule has 6 nitrogen and oxygen atoms in total. The molecule has 122 valence electrons. The molecule has 3 aromatic heterocycles. The van der Waals surface area contributed by atoms with E-state index in [0.717, 1.165) is 30.7 Å². The Morgan fingerprint density at radius 1 is 1.29 bits per heavy atom. The van der Waals surface area contributed by atoms with Crippen molar-refractivity contribution >= 4 is 34.1 Å². The number of carbonyl (C=O) groups excluding carboxylic acids is 1. The highest BCUT2D eigenvalue weighted by Crippen LogP contribution is 2.24. The molecule has 0 fully saturated rings. The first kappa shape index (κ1) is 15.0. The molecule has 0 aliphatic carbocycles. The number of nitrogens with zero attached hydrogens (tertiary/aromatic N) is 4. The van der Waals surface area contributed by atoms with Crippen LogP contribution in [0.15, 0.2) is 36.1 Å². The van der Waals surface area contributed by atoms with Crippen molar-refractivity contribution in [3.05, 3.63) is 46.5 Å². The molecule has 0 saturated carbocycles. The molecule has 4 heterocycles. The number of anilines is 1. The van der Waals surface area contributed by atoms with Gasteiger partial charge in [-0.1, -0.05) is 0 Å². The number of aromatic nitrogens is 3. The van der Waals surface area contributed by atoms with Crippen LogP contribution in [0.1, 0.15) is 16.9 Å². The Balaban J connectivity index is 1.36. The lowest BCUT2D eigenvalue weighted by Gasteiger charge is -2.27. The van der Waals surface area contributed by atoms with Crippen LogP contribution in [0.5, 0.6) is 0 Å². The lowest BCUT2D eigenvalue weighted by Crippen LogP contribution is -2.36. The lowest BCUT2D eigenvalue weighted by atomic mass is 10.1. The highest BCUT2D eigenvalue weighted by atomic mass is 32.1. The number of amides is 1. The smallest absolute Gasteiger partial charge is 0.224 e. The number of rotatable bonds is 4. The van der Waals surface area contributed by atoms with E-state index in [4.69, 9.17) is 0 Å². The fraction of sp³-hybridized carbons (Fsp3) is 0.294. The average molecular weight is 339 g/mol. The Hall–Kier alpha value is -2.54. The summed E-state index contributed by atoms with van der Waals surface area (Å²) in [6.45, 7) is 2.09. The molecule has 0 saturated heterocycles. The summed E-state index contributed by atoms with van der Waals surface area (Å²) in [5.41, 5.74) is 1.95. The molecule has 7 heteroatoms. The normalized spacial score (nSPS) is 13.8. The molecule has 0 unspecified atom stereocenters. The van der Waals surface area contributed by atoms with Gasteiger partial charge in [-0.05, 0) is 35.6 Å². The van der Waals surface area contributed by atoms with Crippen LogP contribution in [0.2, 0.25) is 0 Å². The van der Waals surface area contributed by atoms with Crippen molar-refractivity contribution in [2.45, 2.75) is 19.4 Å². The van der Waals surface area contributed by atoms with Crippen LogP contribution < -0.4 is 5.32 Å². The van der Waals surface area contributed by atoms with Crippen molar-refractivity contribution in [1.82, 2.24) is 19.9 Å². The van der Waals surface area contributed by atoms with Crippen LogP contribution >= 0.6 is 11.3 Å². The van der Waals surface area contributed by atoms with Gasteiger partial charge in [0.15, 0.2) is 5.65 Å². The van der Waals surface area contributed by atoms with Crippen LogP contribution in [0.3, 0.4) is 0 Å². The van der Waals surface area contributed by atoms with Gasteiger partial charge in [-0.25, -0.2) is 15.0 Å². The summed E-state index contributed by atoms with van der Waals surface area (Å²) in [4.78, 5) is 28.4. The van der Waals surface area contributed by atoms with Crippen LogP contribution in [-0.2, 0) is 17.8 Å². The van der Waals surface area contributed by atoms with E-state index in [9.17, 15) is 4.79 Å². The molecule has 0 atom stereocenters. The maximum absolute atomic E-state index is 12.4. The van der Waals surface area contributed by atoms with Gasteiger partial charge in [0.2, 0.25) is 5.91 Å². The second kappa shape index (κ2) is 6.52. The standard InChI is InChI=1S/C17H17N5OS/c23-15(22-8-4-14-12(10-22)5-9-24-14)3-7-19-17-13-2-1-6-18-16(13)20-11-21-17/h1-2,5-6,9,11H,3-4,7-8,10H2,(H,18,19,20,21). The maximum Gasteiger partial charge on any atom is 0.224 e. The van der Waals surface area contributed by atoms with Gasteiger partial charge in [-0.15, -0.1) is 11.3 Å². The molecule has 4 rings (SSSR count). The summed E-state index contributed by atoms with van der Waals surface area (Å²) < 4.78 is 0. The molecule has 1 N–H and O–H groups in total. The van der Waals surface area contributed by atoms with Crippen molar-refractivity contribution in [2.75, 3.05) is 18.4 Å². The third kappa shape index (κ3) is 2.94. The van der Waals surface area contributed by atoms with Crippen molar-refractivity contribution in [3.63, 3.8) is 0 Å². The molecule has 3 aromatic rings. The quantitative estimate of drug-likeness (QED) is 0.791. The Morgan fingerprint density at radius 3 is 3.21 bits per heavy atom. The van der Waals surface area contributed by atoms with E-state index in [1.807, 2.05) is 17.0 Å². The third-order valence-corrected chi connectivity index (χ3v) is 5.22. The molecule has 1 aliphatic heterocycles. The first-order chi connectivity index (χ1) is 11.8. The number of nitrogens with one attached hydrogen (secondary N) is 1. The summed E-state index contributed by atoms with van der Waals surface area (Å²) in [7, 11) is 0. The first-order valence-corrected chi connectivity index (χ1v) is 8.82. The Kier molecular flexibility index (Phi) is 4.08. The molecule has 0 spiro atoms. The summed E-state index contributed by atoms with van der Waals surface area (Å²) in [5.74, 6) is 0.899. The molecular formula is C17H17N5OS. The fourth-order valence-corrected chi connectivity index (χ4v) is 3.83. The number of pyridine rings is 1. The number of hydrogen-bond donors (Lipinski definition) is 1. The van der Waals surface area contributed by atoms with Crippen LogP contribution in [0.25, 0.3) is 11.0 Å². The highest BCUT2D eigenvalue weighted by molar-refractivity contribution is 7.10. The first-order valence-electron chi connectivity index (χ1n) is 7.94. The summed E-state index contributed by atoms with van der Waals surface area (Å²) in [5, 5.41) is 6.21. The van der Waals surface area contributed by atoms with E-state index in [0.29, 0.717) is 18.6 Å². The second-order valence-electron chi connectivity index (χ2n) is 5.71. The number of thiophene rings is 1. The Morgan fingerprint density at radius 2 is 2.25 bits per heavy atom. The fourth-order valence-electron chi connectivity index (χ4n) is 2.94. The van der Waals surface area contributed by atoms with E-state index in [-0.39, 0.29) is 5.91 Å². The number of fused-ring (bicyclic) bond motifs is 2. The zero-order valence-corrected chi connectivity index (χ0v) is 13.9. The van der Waals surface area contributed by atoms with Crippen molar-refractivity contribution < 1.29 is 4.79 Å². The van der Waals surface area contributed by atoms with E-state index < -0.39 is 0 Å². The van der Waals surface area contributed by atoms with Gasteiger partial charge >= 0.3 is 0 Å². The summed E-state index contributed by atoms with van der Waals surface area (Å²) >= 11 is 1.78. The van der Waals surface area contributed by atoms with Crippen molar-refractivity contribution in [3.8, 4) is 0 Å². The molecule has 0 radical (unpaired) electrons. The van der Waals surface area contributed by atoms with Gasteiger partial charge in [0.1, 0.15) is 12.1 Å². The van der Waals surface area contributed by atoms with E-state index >= 15 is 0 Å². The van der Waals surface area contributed by atoms with Crippen LogP contribution in [-0.4, -0.2) is 38.8 Å². The van der Waals surface area contributed by atoms with Gasteiger partial charge < -0.3 is 10.2 Å². The molecule has 1 amide bonds. The zero-order chi connectivity index (χ0) is 16.4. The Bertz CT molecular complexity index is 873. The SMILES string of the molecule is O=C(CCNc1ncnc2ncccc12)N1CCc2sccc2C1. The minimum atomic E-state index is 0.177. The molecular weight excluding hydrogens is 322 g/mol. The lowest BCUT2D eigenvalue weighted by molar-refractivity contribution is -0.131. The van der Waals surface area contributed by atoms with Crippen molar-refractivity contribution in [2.24, 2.45) is 0 Å². The topological polar surface area (TPSA) is 71.0 Å². The molecule has 0 bridgehead atoms. The molecule has 1 aliphatic rings. The molecule has 24 heavy (non-hydrogen) atoms. The van der Waals surface area contributed by atoms with Crippen molar-refractivity contribution in [1.29, 1.82) is 0 Å². The highest BCUT2D eigenvalue weighted by Gasteiger charge is 2.21. The molecule has 0 aromatic carbocycles. The van der Waals surface area contributed by atoms with E-state index in [1.54, 1.807) is 17.5 Å². The minimum absolute atomic E-state index is 0.177. The maximum atomic E-state index is 12.4. The van der Waals surface area contributed by atoms with Crippen LogP contribution in [0, 0.1) is 0 Å². The van der Waals surface area contributed by atoms with Crippen LogP contribution in [0.4, 0.5) is 5.82 Å². The van der Waals surface area contributed by atoms with E-state index in [2.05, 4.69) is 31.7 Å². The Labute approximate surface area is 143 Å². The van der Waals surface area contributed by atoms with E-state index in [1.165, 1.54) is 16.8 Å². The van der Waals surface area contributed by atoms with Gasteiger partial charge in [0, 0.05) is 37.1 Å².